The summed E-state index contributed by atoms with van der Waals surface area (Å²) in [4.78, 5) is 4.78. The van der Waals surface area contributed by atoms with Crippen LogP contribution >= 0.6 is 0 Å². The highest BCUT2D eigenvalue weighted by atomic mass is 15.2. The van der Waals surface area contributed by atoms with Crippen molar-refractivity contribution in [2.24, 2.45) is 0 Å². The summed E-state index contributed by atoms with van der Waals surface area (Å²) in [6.07, 6.45) is 3.93. The Hall–Kier alpha value is -0.600. The molecule has 0 aliphatic rings. The molecule has 0 fully saturated rings. The first-order chi connectivity index (χ1) is 6.78. The lowest BCUT2D eigenvalue weighted by atomic mass is 10.4. The molecule has 0 aromatic carbocycles. The summed E-state index contributed by atoms with van der Waals surface area (Å²) in [5, 5.41) is 0. The molecule has 0 unspecified atom stereocenters. The minimum atomic E-state index is 0.988. The van der Waals surface area contributed by atoms with E-state index in [1.807, 2.05) is 12.2 Å². The minimum absolute atomic E-state index is 0.988. The predicted octanol–water partition coefficient (Wildman–Crippen LogP) is 2.00. The van der Waals surface area contributed by atoms with Crippen molar-refractivity contribution in [2.75, 3.05) is 39.3 Å². The molecule has 0 saturated carbocycles. The average molecular weight is 196 g/mol. The fourth-order valence-electron chi connectivity index (χ4n) is 1.40. The second kappa shape index (κ2) is 8.97. The van der Waals surface area contributed by atoms with Gasteiger partial charge in [0.2, 0.25) is 0 Å². The van der Waals surface area contributed by atoms with Gasteiger partial charge in [0, 0.05) is 26.2 Å². The van der Waals surface area contributed by atoms with Crippen molar-refractivity contribution in [2.45, 2.75) is 13.8 Å². The highest BCUT2D eigenvalue weighted by Gasteiger charge is 2.03. The third-order valence-electron chi connectivity index (χ3n) is 2.40. The van der Waals surface area contributed by atoms with E-state index >= 15 is 0 Å². The summed E-state index contributed by atoms with van der Waals surface area (Å²) in [7, 11) is 0. The SMILES string of the molecule is C=CCN(CC)CCN(CC)CC=C. The van der Waals surface area contributed by atoms with Crippen LogP contribution in [0.4, 0.5) is 0 Å². The van der Waals surface area contributed by atoms with Crippen LogP contribution in [0.25, 0.3) is 0 Å². The van der Waals surface area contributed by atoms with E-state index < -0.39 is 0 Å². The molecule has 2 nitrogen and oxygen atoms in total. The summed E-state index contributed by atoms with van der Waals surface area (Å²) in [5.41, 5.74) is 0. The first-order valence-corrected chi connectivity index (χ1v) is 5.44. The first kappa shape index (κ1) is 13.4. The van der Waals surface area contributed by atoms with Crippen LogP contribution in [0.1, 0.15) is 13.8 Å². The molecule has 2 heteroatoms. The summed E-state index contributed by atoms with van der Waals surface area (Å²) in [6, 6.07) is 0. The van der Waals surface area contributed by atoms with E-state index in [1.54, 1.807) is 0 Å². The largest absolute Gasteiger partial charge is 0.299 e. The minimum Gasteiger partial charge on any atom is -0.299 e. The van der Waals surface area contributed by atoms with Gasteiger partial charge in [-0.15, -0.1) is 13.2 Å². The van der Waals surface area contributed by atoms with E-state index in [9.17, 15) is 0 Å². The van der Waals surface area contributed by atoms with Crippen LogP contribution in [0.2, 0.25) is 0 Å². The van der Waals surface area contributed by atoms with Crippen LogP contribution in [0, 0.1) is 0 Å². The van der Waals surface area contributed by atoms with Crippen molar-refractivity contribution >= 4 is 0 Å². The molecule has 0 aromatic rings. The molecule has 0 aliphatic carbocycles. The van der Waals surface area contributed by atoms with Gasteiger partial charge in [0.05, 0.1) is 0 Å². The molecule has 0 N–H and O–H groups in total. The van der Waals surface area contributed by atoms with Crippen molar-refractivity contribution in [1.29, 1.82) is 0 Å². The molecule has 0 rings (SSSR count). The lowest BCUT2D eigenvalue weighted by Crippen LogP contribution is -2.35. The van der Waals surface area contributed by atoms with Crippen molar-refractivity contribution in [3.63, 3.8) is 0 Å². The molecule has 0 spiro atoms. The number of hydrogen-bond acceptors (Lipinski definition) is 2. The van der Waals surface area contributed by atoms with E-state index in [0.29, 0.717) is 0 Å². The van der Waals surface area contributed by atoms with E-state index in [-0.39, 0.29) is 0 Å². The number of rotatable bonds is 9. The number of hydrogen-bond donors (Lipinski definition) is 0. The standard InChI is InChI=1S/C12H24N2/c1-5-9-13(7-3)11-12-14(8-4)10-6-2/h5-6H,1-2,7-12H2,3-4H3. The molecule has 0 aliphatic heterocycles. The molecule has 0 amide bonds. The van der Waals surface area contributed by atoms with Gasteiger partial charge in [0.25, 0.3) is 0 Å². The van der Waals surface area contributed by atoms with Crippen LogP contribution in [0.15, 0.2) is 25.3 Å². The highest BCUT2D eigenvalue weighted by molar-refractivity contribution is 4.76. The maximum absolute atomic E-state index is 3.76. The van der Waals surface area contributed by atoms with Crippen LogP contribution in [-0.4, -0.2) is 49.1 Å². The molecule has 0 saturated heterocycles. The van der Waals surface area contributed by atoms with Gasteiger partial charge >= 0.3 is 0 Å². The van der Waals surface area contributed by atoms with Gasteiger partial charge in [-0.25, -0.2) is 0 Å². The van der Waals surface area contributed by atoms with Crippen LogP contribution < -0.4 is 0 Å². The summed E-state index contributed by atoms with van der Waals surface area (Å²) in [6.45, 7) is 18.3. The Balaban J connectivity index is 3.73. The topological polar surface area (TPSA) is 6.48 Å². The molecule has 0 radical (unpaired) electrons. The zero-order valence-electron chi connectivity index (χ0n) is 9.71. The lowest BCUT2D eigenvalue weighted by Gasteiger charge is -2.24. The Morgan fingerprint density at radius 2 is 1.21 bits per heavy atom. The van der Waals surface area contributed by atoms with Crippen molar-refractivity contribution in [3.05, 3.63) is 25.3 Å². The molecule has 0 bridgehead atoms. The quantitative estimate of drug-likeness (QED) is 0.520. The van der Waals surface area contributed by atoms with Crippen molar-refractivity contribution < 1.29 is 0 Å². The maximum atomic E-state index is 3.76. The Morgan fingerprint density at radius 1 is 0.857 bits per heavy atom. The predicted molar refractivity (Wildman–Crippen MR) is 64.6 cm³/mol. The zero-order chi connectivity index (χ0) is 10.8. The third kappa shape index (κ3) is 5.95. The van der Waals surface area contributed by atoms with Crippen molar-refractivity contribution in [3.8, 4) is 0 Å². The van der Waals surface area contributed by atoms with Gasteiger partial charge in [-0.2, -0.15) is 0 Å². The fourth-order valence-corrected chi connectivity index (χ4v) is 1.40. The Morgan fingerprint density at radius 3 is 1.43 bits per heavy atom. The molecular formula is C12H24N2. The van der Waals surface area contributed by atoms with Gasteiger partial charge in [-0.05, 0) is 13.1 Å². The third-order valence-corrected chi connectivity index (χ3v) is 2.40. The fraction of sp³-hybridized carbons (Fsp3) is 0.667. The summed E-state index contributed by atoms with van der Waals surface area (Å²) >= 11 is 0. The zero-order valence-corrected chi connectivity index (χ0v) is 9.71. The molecule has 82 valence electrons. The normalized spacial score (nSPS) is 10.9. The monoisotopic (exact) mass is 196 g/mol. The van der Waals surface area contributed by atoms with Crippen LogP contribution in [-0.2, 0) is 0 Å². The van der Waals surface area contributed by atoms with E-state index in [1.165, 1.54) is 0 Å². The number of likely N-dealkylation sites (N-methyl/N-ethyl adjacent to an activating group) is 2. The van der Waals surface area contributed by atoms with Gasteiger partial charge in [-0.3, -0.25) is 9.80 Å². The van der Waals surface area contributed by atoms with E-state index in [2.05, 4.69) is 36.8 Å². The van der Waals surface area contributed by atoms with Crippen LogP contribution in [0.3, 0.4) is 0 Å². The second-order valence-electron chi connectivity index (χ2n) is 3.36. The number of nitrogens with zero attached hydrogens (tertiary/aromatic N) is 2. The van der Waals surface area contributed by atoms with Crippen LogP contribution in [0.5, 0.6) is 0 Å². The Bertz CT molecular complexity index is 136. The maximum Gasteiger partial charge on any atom is 0.0161 e. The summed E-state index contributed by atoms with van der Waals surface area (Å²) < 4.78 is 0. The van der Waals surface area contributed by atoms with E-state index in [0.717, 1.165) is 39.3 Å². The molecule has 0 aromatic heterocycles. The molecular weight excluding hydrogens is 172 g/mol. The van der Waals surface area contributed by atoms with Crippen molar-refractivity contribution in [1.82, 2.24) is 9.80 Å². The molecule has 0 atom stereocenters. The van der Waals surface area contributed by atoms with Gasteiger partial charge in [0.1, 0.15) is 0 Å². The van der Waals surface area contributed by atoms with Gasteiger partial charge < -0.3 is 0 Å². The first-order valence-electron chi connectivity index (χ1n) is 5.44. The molecule has 0 heterocycles. The lowest BCUT2D eigenvalue weighted by molar-refractivity contribution is 0.241. The Kier molecular flexibility index (Phi) is 8.59. The van der Waals surface area contributed by atoms with E-state index in [4.69, 9.17) is 0 Å². The van der Waals surface area contributed by atoms with Gasteiger partial charge in [0.15, 0.2) is 0 Å². The van der Waals surface area contributed by atoms with Gasteiger partial charge in [-0.1, -0.05) is 26.0 Å². The average Bonchev–Trinajstić information content (AvgIpc) is 2.22. The smallest absolute Gasteiger partial charge is 0.0161 e. The highest BCUT2D eigenvalue weighted by Crippen LogP contribution is 1.92. The second-order valence-corrected chi connectivity index (χ2v) is 3.36. The molecule has 14 heavy (non-hydrogen) atoms. The Labute approximate surface area is 88.9 Å². The summed E-state index contributed by atoms with van der Waals surface area (Å²) in [5.74, 6) is 0.